The fraction of sp³-hybridized carbons (Fsp3) is 0.286. The maximum Gasteiger partial charge on any atom is 0.246 e. The number of carbonyl (C=O) groups is 1. The second kappa shape index (κ2) is 9.03. The minimum absolute atomic E-state index is 0.0698. The third kappa shape index (κ3) is 4.31. The number of hydrogen-bond donors (Lipinski definition) is 1. The summed E-state index contributed by atoms with van der Waals surface area (Å²) >= 11 is 0. The zero-order valence-electron chi connectivity index (χ0n) is 16.1. The molecule has 28 heavy (non-hydrogen) atoms. The fourth-order valence-corrected chi connectivity index (χ4v) is 2.96. The molecule has 0 spiro atoms. The molecular formula is C21H23N3O4. The Labute approximate surface area is 163 Å². The highest BCUT2D eigenvalue weighted by atomic mass is 16.5. The summed E-state index contributed by atoms with van der Waals surface area (Å²) in [6.07, 6.45) is 0.705. The van der Waals surface area contributed by atoms with E-state index in [9.17, 15) is 4.79 Å². The predicted molar refractivity (Wildman–Crippen MR) is 104 cm³/mol. The van der Waals surface area contributed by atoms with Crippen LogP contribution in [-0.2, 0) is 11.3 Å². The number of methoxy groups -OCH3 is 2. The summed E-state index contributed by atoms with van der Waals surface area (Å²) in [5.74, 6) is 1.66. The normalized spacial score (nSPS) is 11.7. The van der Waals surface area contributed by atoms with Crippen LogP contribution in [0.15, 0.2) is 53.1 Å². The van der Waals surface area contributed by atoms with Gasteiger partial charge in [0.05, 0.1) is 26.7 Å². The van der Waals surface area contributed by atoms with Crippen LogP contribution in [0.3, 0.4) is 0 Å². The van der Waals surface area contributed by atoms with Crippen molar-refractivity contribution in [1.82, 2.24) is 15.5 Å². The third-order valence-electron chi connectivity index (χ3n) is 4.45. The van der Waals surface area contributed by atoms with Crippen molar-refractivity contribution in [1.29, 1.82) is 0 Å². The molecule has 3 rings (SSSR count). The molecule has 1 N–H and O–H groups in total. The molecule has 0 saturated carbocycles. The molecule has 0 aliphatic carbocycles. The van der Waals surface area contributed by atoms with Crippen molar-refractivity contribution in [3.8, 4) is 22.9 Å². The van der Waals surface area contributed by atoms with E-state index in [4.69, 9.17) is 14.0 Å². The minimum Gasteiger partial charge on any atom is -0.493 e. The molecule has 1 heterocycles. The maximum atomic E-state index is 12.5. The smallest absolute Gasteiger partial charge is 0.246 e. The largest absolute Gasteiger partial charge is 0.493 e. The van der Waals surface area contributed by atoms with Gasteiger partial charge in [-0.15, -0.1) is 0 Å². The van der Waals surface area contributed by atoms with E-state index in [1.165, 1.54) is 0 Å². The van der Waals surface area contributed by atoms with Crippen molar-refractivity contribution in [2.24, 2.45) is 0 Å². The van der Waals surface area contributed by atoms with E-state index >= 15 is 0 Å². The van der Waals surface area contributed by atoms with Crippen LogP contribution in [0.2, 0.25) is 0 Å². The molecule has 0 unspecified atom stereocenters. The predicted octanol–water partition coefficient (Wildman–Crippen LogP) is 3.56. The number of nitrogens with one attached hydrogen (secondary N) is 1. The Hall–Kier alpha value is -3.35. The SMILES string of the molecule is CC[C@@H](C(=O)NCc1nc(-c2ccc(OC)c(OC)c2)no1)c1ccccc1. The lowest BCUT2D eigenvalue weighted by molar-refractivity contribution is -0.122. The van der Waals surface area contributed by atoms with Crippen LogP contribution in [0.1, 0.15) is 30.7 Å². The highest BCUT2D eigenvalue weighted by Gasteiger charge is 2.19. The van der Waals surface area contributed by atoms with Crippen molar-refractivity contribution >= 4 is 5.91 Å². The molecule has 146 valence electrons. The van der Waals surface area contributed by atoms with Crippen LogP contribution in [0.5, 0.6) is 11.5 Å². The molecule has 3 aromatic rings. The second-order valence-electron chi connectivity index (χ2n) is 6.17. The Kier molecular flexibility index (Phi) is 6.26. The highest BCUT2D eigenvalue weighted by Crippen LogP contribution is 2.31. The molecule has 2 aromatic carbocycles. The first-order valence-corrected chi connectivity index (χ1v) is 9.03. The minimum atomic E-state index is -0.213. The van der Waals surface area contributed by atoms with Crippen molar-refractivity contribution in [3.63, 3.8) is 0 Å². The number of ether oxygens (including phenoxy) is 2. The van der Waals surface area contributed by atoms with Crippen molar-refractivity contribution in [3.05, 3.63) is 60.0 Å². The van der Waals surface area contributed by atoms with E-state index in [1.54, 1.807) is 26.4 Å². The first-order valence-electron chi connectivity index (χ1n) is 9.03. The number of benzene rings is 2. The van der Waals surface area contributed by atoms with Gasteiger partial charge in [-0.25, -0.2) is 0 Å². The Morgan fingerprint density at radius 2 is 1.86 bits per heavy atom. The Bertz CT molecular complexity index is 924. The lowest BCUT2D eigenvalue weighted by Crippen LogP contribution is -2.28. The van der Waals surface area contributed by atoms with Gasteiger partial charge in [-0.3, -0.25) is 4.79 Å². The summed E-state index contributed by atoms with van der Waals surface area (Å²) in [6.45, 7) is 2.15. The number of aromatic nitrogens is 2. The van der Waals surface area contributed by atoms with Gasteiger partial charge in [0.1, 0.15) is 0 Å². The summed E-state index contributed by atoms with van der Waals surface area (Å²) in [7, 11) is 3.14. The molecule has 7 nitrogen and oxygen atoms in total. The molecule has 0 fully saturated rings. The maximum absolute atomic E-state index is 12.5. The molecule has 0 radical (unpaired) electrons. The van der Waals surface area contributed by atoms with Crippen LogP contribution in [0.4, 0.5) is 0 Å². The fourth-order valence-electron chi connectivity index (χ4n) is 2.96. The number of carbonyl (C=O) groups excluding carboxylic acids is 1. The number of amides is 1. The van der Waals surface area contributed by atoms with E-state index in [0.717, 1.165) is 11.1 Å². The van der Waals surface area contributed by atoms with Gasteiger partial charge in [0.15, 0.2) is 11.5 Å². The quantitative estimate of drug-likeness (QED) is 0.642. The molecular weight excluding hydrogens is 358 g/mol. The van der Waals surface area contributed by atoms with Gasteiger partial charge in [0, 0.05) is 5.56 Å². The van der Waals surface area contributed by atoms with E-state index in [1.807, 2.05) is 43.3 Å². The van der Waals surface area contributed by atoms with Crippen LogP contribution in [-0.4, -0.2) is 30.3 Å². The van der Waals surface area contributed by atoms with E-state index in [-0.39, 0.29) is 18.4 Å². The van der Waals surface area contributed by atoms with E-state index < -0.39 is 0 Å². The van der Waals surface area contributed by atoms with Crippen LogP contribution >= 0.6 is 0 Å². The summed E-state index contributed by atoms with van der Waals surface area (Å²) in [5, 5.41) is 6.86. The zero-order chi connectivity index (χ0) is 19.9. The third-order valence-corrected chi connectivity index (χ3v) is 4.45. The molecule has 7 heteroatoms. The van der Waals surface area contributed by atoms with Gasteiger partial charge in [-0.1, -0.05) is 42.4 Å². The average Bonchev–Trinajstić information content (AvgIpc) is 3.22. The van der Waals surface area contributed by atoms with E-state index in [0.29, 0.717) is 29.6 Å². The van der Waals surface area contributed by atoms with Crippen LogP contribution in [0, 0.1) is 0 Å². The second-order valence-corrected chi connectivity index (χ2v) is 6.17. The van der Waals surface area contributed by atoms with Crippen LogP contribution in [0.25, 0.3) is 11.4 Å². The number of hydrogen-bond acceptors (Lipinski definition) is 6. The molecule has 0 aliphatic heterocycles. The lowest BCUT2D eigenvalue weighted by atomic mass is 9.96. The molecule has 0 saturated heterocycles. The topological polar surface area (TPSA) is 86.5 Å². The van der Waals surface area contributed by atoms with Crippen molar-refractivity contribution in [2.45, 2.75) is 25.8 Å². The summed E-state index contributed by atoms with van der Waals surface area (Å²) in [5.41, 5.74) is 1.72. The Balaban J connectivity index is 1.67. The zero-order valence-corrected chi connectivity index (χ0v) is 16.1. The molecule has 1 atom stereocenters. The highest BCUT2D eigenvalue weighted by molar-refractivity contribution is 5.83. The summed E-state index contributed by atoms with van der Waals surface area (Å²) < 4.78 is 15.8. The van der Waals surface area contributed by atoms with Gasteiger partial charge < -0.3 is 19.3 Å². The van der Waals surface area contributed by atoms with E-state index in [2.05, 4.69) is 15.5 Å². The van der Waals surface area contributed by atoms with Crippen molar-refractivity contribution < 1.29 is 18.8 Å². The van der Waals surface area contributed by atoms with Gasteiger partial charge in [-0.2, -0.15) is 4.98 Å². The van der Waals surface area contributed by atoms with Crippen LogP contribution < -0.4 is 14.8 Å². The molecule has 0 bridgehead atoms. The molecule has 1 amide bonds. The van der Waals surface area contributed by atoms with Crippen molar-refractivity contribution in [2.75, 3.05) is 14.2 Å². The standard InChI is InChI=1S/C21H23N3O4/c1-4-16(14-8-6-5-7-9-14)21(25)22-13-19-23-20(24-28-19)15-10-11-17(26-2)18(12-15)27-3/h5-12,16H,4,13H2,1-3H3,(H,22,25)/t16-/m1/s1. The Morgan fingerprint density at radius 1 is 1.11 bits per heavy atom. The lowest BCUT2D eigenvalue weighted by Gasteiger charge is -2.14. The number of rotatable bonds is 8. The van der Waals surface area contributed by atoms with Gasteiger partial charge >= 0.3 is 0 Å². The van der Waals surface area contributed by atoms with Gasteiger partial charge in [-0.05, 0) is 30.2 Å². The first kappa shape index (κ1) is 19.4. The molecule has 0 aliphatic rings. The number of nitrogens with zero attached hydrogens (tertiary/aromatic N) is 2. The summed E-state index contributed by atoms with van der Waals surface area (Å²) in [6, 6.07) is 15.1. The monoisotopic (exact) mass is 381 g/mol. The first-order chi connectivity index (χ1) is 13.7. The van der Waals surface area contributed by atoms with Gasteiger partial charge in [0.25, 0.3) is 0 Å². The summed E-state index contributed by atoms with van der Waals surface area (Å²) in [4.78, 5) is 16.9. The Morgan fingerprint density at radius 3 is 2.54 bits per heavy atom. The van der Waals surface area contributed by atoms with Gasteiger partial charge in [0.2, 0.25) is 17.6 Å². The average molecular weight is 381 g/mol. The molecule has 1 aromatic heterocycles.